The number of nitrogens with one attached hydrogen (secondary N) is 1. The molecule has 0 spiro atoms. The molecule has 0 aliphatic rings. The number of para-hydroxylation sites is 2. The van der Waals surface area contributed by atoms with Gasteiger partial charge in [-0.05, 0) is 38.1 Å². The lowest BCUT2D eigenvalue weighted by molar-refractivity contribution is -0.121. The average molecular weight is 336 g/mol. The van der Waals surface area contributed by atoms with E-state index in [0.29, 0.717) is 5.71 Å². The van der Waals surface area contributed by atoms with E-state index in [2.05, 4.69) is 15.5 Å². The standard InChI is InChI=1S/C19H20N4O2/c1-13(15-7-6-8-16(11-15)25-3)21-22-19(24)12-23-14(2)20-17-9-4-5-10-18(17)23/h4-11H,12H2,1-3H3,(H,22,24)/b21-13+. The number of amides is 1. The van der Waals surface area contributed by atoms with Crippen LogP contribution in [0.2, 0.25) is 0 Å². The van der Waals surface area contributed by atoms with Crippen molar-refractivity contribution in [3.05, 3.63) is 59.9 Å². The molecule has 0 bridgehead atoms. The molecule has 3 aromatic rings. The highest BCUT2D eigenvalue weighted by Gasteiger charge is 2.10. The lowest BCUT2D eigenvalue weighted by Crippen LogP contribution is -2.24. The van der Waals surface area contributed by atoms with Gasteiger partial charge in [-0.1, -0.05) is 24.3 Å². The van der Waals surface area contributed by atoms with Crippen molar-refractivity contribution in [2.75, 3.05) is 7.11 Å². The maximum absolute atomic E-state index is 12.3. The third-order valence-electron chi connectivity index (χ3n) is 3.98. The van der Waals surface area contributed by atoms with Gasteiger partial charge in [0.2, 0.25) is 0 Å². The van der Waals surface area contributed by atoms with Gasteiger partial charge in [-0.25, -0.2) is 10.4 Å². The number of imidazole rings is 1. The summed E-state index contributed by atoms with van der Waals surface area (Å²) >= 11 is 0. The van der Waals surface area contributed by atoms with Crippen molar-refractivity contribution in [1.82, 2.24) is 15.0 Å². The second kappa shape index (κ2) is 7.17. The highest BCUT2D eigenvalue weighted by Crippen LogP contribution is 2.15. The van der Waals surface area contributed by atoms with Crippen molar-refractivity contribution < 1.29 is 9.53 Å². The molecule has 0 radical (unpaired) electrons. The van der Waals surface area contributed by atoms with Crippen LogP contribution in [0, 0.1) is 6.92 Å². The average Bonchev–Trinajstić information content (AvgIpc) is 2.95. The van der Waals surface area contributed by atoms with Gasteiger partial charge >= 0.3 is 0 Å². The molecule has 0 aliphatic heterocycles. The first-order valence-electron chi connectivity index (χ1n) is 7.98. The van der Waals surface area contributed by atoms with E-state index in [1.165, 1.54) is 0 Å². The van der Waals surface area contributed by atoms with Gasteiger partial charge in [-0.3, -0.25) is 4.79 Å². The second-order valence-electron chi connectivity index (χ2n) is 5.70. The van der Waals surface area contributed by atoms with Gasteiger partial charge in [0.05, 0.1) is 23.9 Å². The second-order valence-corrected chi connectivity index (χ2v) is 5.70. The van der Waals surface area contributed by atoms with Crippen LogP contribution in [0.25, 0.3) is 11.0 Å². The Hall–Kier alpha value is -3.15. The van der Waals surface area contributed by atoms with Crippen LogP contribution in [-0.2, 0) is 11.3 Å². The van der Waals surface area contributed by atoms with Crippen molar-refractivity contribution >= 4 is 22.7 Å². The molecule has 1 amide bonds. The molecule has 3 rings (SSSR count). The van der Waals surface area contributed by atoms with Crippen LogP contribution in [-0.4, -0.2) is 28.3 Å². The number of rotatable bonds is 5. The lowest BCUT2D eigenvalue weighted by Gasteiger charge is -2.07. The van der Waals surface area contributed by atoms with Gasteiger partial charge in [-0.15, -0.1) is 0 Å². The van der Waals surface area contributed by atoms with E-state index in [0.717, 1.165) is 28.2 Å². The molecule has 128 valence electrons. The summed E-state index contributed by atoms with van der Waals surface area (Å²) in [5, 5.41) is 4.19. The highest BCUT2D eigenvalue weighted by atomic mass is 16.5. The topological polar surface area (TPSA) is 68.5 Å². The third-order valence-corrected chi connectivity index (χ3v) is 3.98. The SMILES string of the molecule is COc1cccc(/C(C)=N/NC(=O)Cn2c(C)nc3ccccc32)c1. The number of fused-ring (bicyclic) bond motifs is 1. The van der Waals surface area contributed by atoms with Gasteiger partial charge in [0.1, 0.15) is 18.1 Å². The van der Waals surface area contributed by atoms with E-state index >= 15 is 0 Å². The van der Waals surface area contributed by atoms with Gasteiger partial charge < -0.3 is 9.30 Å². The molecule has 2 aromatic carbocycles. The number of nitrogens with zero attached hydrogens (tertiary/aromatic N) is 3. The Morgan fingerprint density at radius 1 is 1.24 bits per heavy atom. The van der Waals surface area contributed by atoms with E-state index < -0.39 is 0 Å². The van der Waals surface area contributed by atoms with E-state index in [1.54, 1.807) is 7.11 Å². The fourth-order valence-electron chi connectivity index (χ4n) is 2.63. The normalized spacial score (nSPS) is 11.6. The summed E-state index contributed by atoms with van der Waals surface area (Å²) in [7, 11) is 1.62. The van der Waals surface area contributed by atoms with E-state index in [9.17, 15) is 4.79 Å². The first-order valence-corrected chi connectivity index (χ1v) is 7.98. The zero-order valence-corrected chi connectivity index (χ0v) is 14.5. The Morgan fingerprint density at radius 3 is 2.84 bits per heavy atom. The Kier molecular flexibility index (Phi) is 4.79. The largest absolute Gasteiger partial charge is 0.497 e. The smallest absolute Gasteiger partial charge is 0.260 e. The van der Waals surface area contributed by atoms with Crippen LogP contribution in [0.4, 0.5) is 0 Å². The monoisotopic (exact) mass is 336 g/mol. The zero-order valence-electron chi connectivity index (χ0n) is 14.5. The van der Waals surface area contributed by atoms with E-state index in [4.69, 9.17) is 4.74 Å². The number of hydrazone groups is 1. The van der Waals surface area contributed by atoms with E-state index in [1.807, 2.05) is 66.9 Å². The Morgan fingerprint density at radius 2 is 2.04 bits per heavy atom. The number of aryl methyl sites for hydroxylation is 1. The Balaban J connectivity index is 1.72. The molecule has 1 heterocycles. The molecule has 0 atom stereocenters. The predicted molar refractivity (Wildman–Crippen MR) is 97.8 cm³/mol. The number of hydrogen-bond acceptors (Lipinski definition) is 4. The van der Waals surface area contributed by atoms with Crippen LogP contribution in [0.1, 0.15) is 18.3 Å². The maximum atomic E-state index is 12.3. The Labute approximate surface area is 146 Å². The third kappa shape index (κ3) is 3.68. The molecule has 0 fully saturated rings. The van der Waals surface area contributed by atoms with Crippen LogP contribution >= 0.6 is 0 Å². The molecule has 25 heavy (non-hydrogen) atoms. The van der Waals surface area contributed by atoms with Gasteiger partial charge in [0.25, 0.3) is 5.91 Å². The summed E-state index contributed by atoms with van der Waals surface area (Å²) in [5.41, 5.74) is 6.02. The first kappa shape index (κ1) is 16.7. The summed E-state index contributed by atoms with van der Waals surface area (Å²) < 4.78 is 7.08. The molecule has 6 nitrogen and oxygen atoms in total. The molecular formula is C19H20N4O2. The fraction of sp³-hybridized carbons (Fsp3) is 0.211. The summed E-state index contributed by atoms with van der Waals surface area (Å²) in [6, 6.07) is 15.3. The fourth-order valence-corrected chi connectivity index (χ4v) is 2.63. The number of carbonyl (C=O) groups excluding carboxylic acids is 1. The van der Waals surface area contributed by atoms with Gasteiger partial charge in [-0.2, -0.15) is 5.10 Å². The molecule has 1 aromatic heterocycles. The van der Waals surface area contributed by atoms with Crippen LogP contribution < -0.4 is 10.2 Å². The van der Waals surface area contributed by atoms with Crippen LogP contribution in [0.15, 0.2) is 53.6 Å². The molecule has 1 N–H and O–H groups in total. The molecule has 0 aliphatic carbocycles. The number of benzene rings is 2. The van der Waals surface area contributed by atoms with Crippen molar-refractivity contribution in [3.8, 4) is 5.75 Å². The number of ether oxygens (including phenoxy) is 1. The van der Waals surface area contributed by atoms with Crippen molar-refractivity contribution in [2.45, 2.75) is 20.4 Å². The van der Waals surface area contributed by atoms with Crippen molar-refractivity contribution in [3.63, 3.8) is 0 Å². The minimum atomic E-state index is -0.200. The minimum absolute atomic E-state index is 0.168. The molecule has 0 saturated heterocycles. The predicted octanol–water partition coefficient (Wildman–Crippen LogP) is 2.89. The zero-order chi connectivity index (χ0) is 17.8. The minimum Gasteiger partial charge on any atom is -0.497 e. The van der Waals surface area contributed by atoms with Crippen molar-refractivity contribution in [2.24, 2.45) is 5.10 Å². The molecular weight excluding hydrogens is 316 g/mol. The Bertz CT molecular complexity index is 944. The summed E-state index contributed by atoms with van der Waals surface area (Å²) in [4.78, 5) is 16.7. The van der Waals surface area contributed by atoms with Crippen LogP contribution in [0.3, 0.4) is 0 Å². The summed E-state index contributed by atoms with van der Waals surface area (Å²) in [5.74, 6) is 1.34. The molecule has 0 unspecified atom stereocenters. The molecule has 6 heteroatoms. The molecule has 0 saturated carbocycles. The first-order chi connectivity index (χ1) is 12.1. The summed E-state index contributed by atoms with van der Waals surface area (Å²) in [6.07, 6.45) is 0. The lowest BCUT2D eigenvalue weighted by atomic mass is 10.1. The quantitative estimate of drug-likeness (QED) is 0.575. The maximum Gasteiger partial charge on any atom is 0.260 e. The highest BCUT2D eigenvalue weighted by molar-refractivity contribution is 5.99. The number of hydrogen-bond donors (Lipinski definition) is 1. The van der Waals surface area contributed by atoms with Gasteiger partial charge in [0, 0.05) is 5.56 Å². The van der Waals surface area contributed by atoms with E-state index in [-0.39, 0.29) is 12.5 Å². The number of aromatic nitrogens is 2. The van der Waals surface area contributed by atoms with Crippen molar-refractivity contribution in [1.29, 1.82) is 0 Å². The number of carbonyl (C=O) groups is 1. The summed E-state index contributed by atoms with van der Waals surface area (Å²) in [6.45, 7) is 3.90. The number of methoxy groups -OCH3 is 1. The van der Waals surface area contributed by atoms with Gasteiger partial charge in [0.15, 0.2) is 0 Å². The van der Waals surface area contributed by atoms with Crippen LogP contribution in [0.5, 0.6) is 5.75 Å².